The van der Waals surface area contributed by atoms with Crippen LogP contribution in [-0.2, 0) is 4.79 Å². The Morgan fingerprint density at radius 3 is 2.14 bits per heavy atom. The number of hydrogen-bond acceptors (Lipinski definition) is 2. The van der Waals surface area contributed by atoms with Gasteiger partial charge in [-0.25, -0.2) is 5.01 Å². The highest BCUT2D eigenvalue weighted by molar-refractivity contribution is 5.75. The first-order chi connectivity index (χ1) is 6.67. The molecule has 1 amide bonds. The van der Waals surface area contributed by atoms with E-state index >= 15 is 0 Å². The Labute approximate surface area is 88.0 Å². The van der Waals surface area contributed by atoms with Crippen LogP contribution in [-0.4, -0.2) is 36.1 Å². The number of carbonyl (C=O) groups excluding carboxylic acids is 1. The van der Waals surface area contributed by atoms with E-state index in [0.29, 0.717) is 6.42 Å². The monoisotopic (exact) mass is 200 g/mol. The first kappa shape index (κ1) is 13.4. The van der Waals surface area contributed by atoms with Gasteiger partial charge < -0.3 is 0 Å². The maximum atomic E-state index is 11.6. The molecular weight excluding hydrogens is 176 g/mol. The van der Waals surface area contributed by atoms with Gasteiger partial charge in [0.25, 0.3) is 0 Å². The Balaban J connectivity index is 4.14. The lowest BCUT2D eigenvalue weighted by Crippen LogP contribution is -2.44. The van der Waals surface area contributed by atoms with E-state index in [0.717, 1.165) is 32.4 Å². The Kier molecular flexibility index (Phi) is 7.48. The van der Waals surface area contributed by atoms with E-state index < -0.39 is 0 Å². The van der Waals surface area contributed by atoms with Crippen LogP contribution in [0.5, 0.6) is 0 Å². The van der Waals surface area contributed by atoms with Gasteiger partial charge in [-0.2, -0.15) is 0 Å². The van der Waals surface area contributed by atoms with Crippen LogP contribution in [0, 0.1) is 0 Å². The zero-order valence-electron chi connectivity index (χ0n) is 10.0. The minimum atomic E-state index is 0.231. The van der Waals surface area contributed by atoms with E-state index in [1.54, 1.807) is 0 Å². The fraction of sp³-hybridized carbons (Fsp3) is 0.909. The summed E-state index contributed by atoms with van der Waals surface area (Å²) < 4.78 is 0. The Morgan fingerprint density at radius 1 is 1.07 bits per heavy atom. The lowest BCUT2D eigenvalue weighted by atomic mass is 10.3. The first-order valence-corrected chi connectivity index (χ1v) is 5.68. The molecule has 0 heterocycles. The molecule has 0 spiro atoms. The van der Waals surface area contributed by atoms with Gasteiger partial charge in [0.2, 0.25) is 5.91 Å². The van der Waals surface area contributed by atoms with Gasteiger partial charge in [-0.05, 0) is 12.8 Å². The minimum Gasteiger partial charge on any atom is -0.276 e. The molecule has 0 aliphatic carbocycles. The van der Waals surface area contributed by atoms with E-state index in [4.69, 9.17) is 0 Å². The van der Waals surface area contributed by atoms with Crippen molar-refractivity contribution >= 4 is 5.91 Å². The zero-order chi connectivity index (χ0) is 11.0. The van der Waals surface area contributed by atoms with Gasteiger partial charge in [0.15, 0.2) is 0 Å². The fourth-order valence-electron chi connectivity index (χ4n) is 1.42. The molecule has 0 N–H and O–H groups in total. The highest BCUT2D eigenvalue weighted by Crippen LogP contribution is 2.03. The normalized spacial score (nSPS) is 10.6. The summed E-state index contributed by atoms with van der Waals surface area (Å²) in [6.45, 7) is 8.01. The summed E-state index contributed by atoms with van der Waals surface area (Å²) in [5, 5.41) is 3.93. The Hall–Kier alpha value is -0.570. The van der Waals surface area contributed by atoms with E-state index in [9.17, 15) is 4.79 Å². The van der Waals surface area contributed by atoms with Crippen molar-refractivity contribution in [2.24, 2.45) is 0 Å². The van der Waals surface area contributed by atoms with Crippen molar-refractivity contribution in [3.63, 3.8) is 0 Å². The molecule has 3 heteroatoms. The number of carbonyl (C=O) groups is 1. The molecule has 0 unspecified atom stereocenters. The van der Waals surface area contributed by atoms with Crippen LogP contribution >= 0.6 is 0 Å². The molecule has 14 heavy (non-hydrogen) atoms. The summed E-state index contributed by atoms with van der Waals surface area (Å²) in [6, 6.07) is 0. The van der Waals surface area contributed by atoms with Crippen molar-refractivity contribution in [1.29, 1.82) is 0 Å². The molecule has 0 radical (unpaired) electrons. The summed E-state index contributed by atoms with van der Waals surface area (Å²) >= 11 is 0. The van der Waals surface area contributed by atoms with Gasteiger partial charge in [-0.1, -0.05) is 27.2 Å². The summed E-state index contributed by atoms with van der Waals surface area (Å²) in [4.78, 5) is 11.6. The maximum Gasteiger partial charge on any atom is 0.236 e. The second-order valence-electron chi connectivity index (χ2n) is 3.61. The molecule has 0 aromatic carbocycles. The maximum absolute atomic E-state index is 11.6. The third-order valence-corrected chi connectivity index (χ3v) is 2.27. The summed E-state index contributed by atoms with van der Waals surface area (Å²) in [6.07, 6.45) is 3.89. The van der Waals surface area contributed by atoms with Crippen LogP contribution in [0.15, 0.2) is 0 Å². The van der Waals surface area contributed by atoms with Crippen molar-refractivity contribution in [3.8, 4) is 0 Å². The standard InChI is InChI=1S/C11H24N2O/c1-5-8-10-13(11(14)7-3)12(4)9-6-2/h5-10H2,1-4H3. The van der Waals surface area contributed by atoms with Gasteiger partial charge in [0, 0.05) is 26.6 Å². The Bertz CT molecular complexity index is 159. The molecule has 0 rings (SSSR count). The minimum absolute atomic E-state index is 0.231. The second kappa shape index (κ2) is 7.80. The van der Waals surface area contributed by atoms with Gasteiger partial charge >= 0.3 is 0 Å². The summed E-state index contributed by atoms with van der Waals surface area (Å²) in [5.74, 6) is 0.231. The lowest BCUT2D eigenvalue weighted by molar-refractivity contribution is -0.146. The van der Waals surface area contributed by atoms with E-state index in [2.05, 4.69) is 13.8 Å². The molecule has 84 valence electrons. The van der Waals surface area contributed by atoms with Crippen LogP contribution in [0.2, 0.25) is 0 Å². The van der Waals surface area contributed by atoms with Crippen molar-refractivity contribution in [2.45, 2.75) is 46.5 Å². The van der Waals surface area contributed by atoms with E-state index in [1.165, 1.54) is 0 Å². The van der Waals surface area contributed by atoms with Gasteiger partial charge in [0.1, 0.15) is 0 Å². The fourth-order valence-corrected chi connectivity index (χ4v) is 1.42. The van der Waals surface area contributed by atoms with Crippen LogP contribution in [0.4, 0.5) is 0 Å². The zero-order valence-corrected chi connectivity index (χ0v) is 10.0. The summed E-state index contributed by atoms with van der Waals surface area (Å²) in [5.41, 5.74) is 0. The Morgan fingerprint density at radius 2 is 1.71 bits per heavy atom. The quantitative estimate of drug-likeness (QED) is 0.589. The molecule has 0 aromatic rings. The topological polar surface area (TPSA) is 23.6 Å². The third-order valence-electron chi connectivity index (χ3n) is 2.27. The predicted octanol–water partition coefficient (Wildman–Crippen LogP) is 2.28. The van der Waals surface area contributed by atoms with Gasteiger partial charge in [-0.15, -0.1) is 0 Å². The average molecular weight is 200 g/mol. The second-order valence-corrected chi connectivity index (χ2v) is 3.61. The van der Waals surface area contributed by atoms with Gasteiger partial charge in [-0.3, -0.25) is 9.80 Å². The van der Waals surface area contributed by atoms with Crippen LogP contribution in [0.25, 0.3) is 0 Å². The van der Waals surface area contributed by atoms with Crippen LogP contribution in [0.3, 0.4) is 0 Å². The number of hydrogen-bond donors (Lipinski definition) is 0. The van der Waals surface area contributed by atoms with Crippen molar-refractivity contribution in [2.75, 3.05) is 20.1 Å². The number of hydrazine groups is 1. The molecule has 0 aliphatic rings. The first-order valence-electron chi connectivity index (χ1n) is 5.68. The average Bonchev–Trinajstić information content (AvgIpc) is 2.18. The van der Waals surface area contributed by atoms with E-state index in [-0.39, 0.29) is 5.91 Å². The van der Waals surface area contributed by atoms with Crippen molar-refractivity contribution in [3.05, 3.63) is 0 Å². The van der Waals surface area contributed by atoms with Crippen LogP contribution in [0.1, 0.15) is 46.5 Å². The molecule has 0 aromatic heterocycles. The molecule has 0 aliphatic heterocycles. The van der Waals surface area contributed by atoms with E-state index in [1.807, 2.05) is 24.0 Å². The molecule has 0 saturated carbocycles. The van der Waals surface area contributed by atoms with Crippen molar-refractivity contribution in [1.82, 2.24) is 10.0 Å². The molecule has 0 atom stereocenters. The van der Waals surface area contributed by atoms with Crippen molar-refractivity contribution < 1.29 is 4.79 Å². The highest BCUT2D eigenvalue weighted by Gasteiger charge is 2.14. The van der Waals surface area contributed by atoms with Crippen LogP contribution < -0.4 is 0 Å². The molecule has 0 saturated heterocycles. The SMILES string of the molecule is CCCCN(C(=O)CC)N(C)CCC. The molecule has 0 bridgehead atoms. The third kappa shape index (κ3) is 4.61. The lowest BCUT2D eigenvalue weighted by Gasteiger charge is -2.31. The molecule has 3 nitrogen and oxygen atoms in total. The number of unbranched alkanes of at least 4 members (excludes halogenated alkanes) is 1. The summed E-state index contributed by atoms with van der Waals surface area (Å²) in [7, 11) is 1.99. The number of nitrogens with zero attached hydrogens (tertiary/aromatic N) is 2. The largest absolute Gasteiger partial charge is 0.276 e. The molecular formula is C11H24N2O. The molecule has 0 fully saturated rings. The number of rotatable bonds is 7. The van der Waals surface area contributed by atoms with Gasteiger partial charge in [0.05, 0.1) is 0 Å². The smallest absolute Gasteiger partial charge is 0.236 e. The highest BCUT2D eigenvalue weighted by atomic mass is 16.2. The number of amides is 1. The predicted molar refractivity (Wildman–Crippen MR) is 59.8 cm³/mol.